The smallest absolute Gasteiger partial charge is 0.265 e. The zero-order chi connectivity index (χ0) is 19.0. The molecule has 1 fully saturated rings. The summed E-state index contributed by atoms with van der Waals surface area (Å²) in [6, 6.07) is 14.0. The monoisotopic (exact) mass is 367 g/mol. The number of anilines is 1. The number of aryl methyl sites for hydroxylation is 1. The highest BCUT2D eigenvalue weighted by Gasteiger charge is 2.45. The minimum Gasteiger partial charge on any atom is -0.497 e. The van der Waals surface area contributed by atoms with Crippen LogP contribution in [0.4, 0.5) is 5.69 Å². The molecule has 0 radical (unpaired) electrons. The van der Waals surface area contributed by atoms with Crippen LogP contribution in [0.25, 0.3) is 0 Å². The number of fused-ring (bicyclic) bond motifs is 3. The Balaban J connectivity index is 1.53. The molecule has 2 heterocycles. The molecule has 0 bridgehead atoms. The number of hydrogen-bond donors (Lipinski definition) is 1. The van der Waals surface area contributed by atoms with E-state index in [2.05, 4.69) is 32.2 Å². The molecular weight excluding hydrogens is 340 g/mol. The standard InChI is InChI=1S/C22H26N2O3/c1-15-4-9-20-18(12-15)19-13-23(2)11-10-21(19)24(20)22(25)14-27-17-7-5-16(26-3)6-8-17/h4-9,12,19,21H,10-11,13-14H2,1-3H3/p+1/t19-,21-/m1/s1. The van der Waals surface area contributed by atoms with E-state index in [0.29, 0.717) is 11.7 Å². The van der Waals surface area contributed by atoms with Crippen molar-refractivity contribution >= 4 is 11.6 Å². The van der Waals surface area contributed by atoms with Gasteiger partial charge in [-0.1, -0.05) is 17.7 Å². The van der Waals surface area contributed by atoms with Gasteiger partial charge in [-0.05, 0) is 42.8 Å². The number of carbonyl (C=O) groups is 1. The van der Waals surface area contributed by atoms with Crippen molar-refractivity contribution in [3.05, 3.63) is 53.6 Å². The summed E-state index contributed by atoms with van der Waals surface area (Å²) in [7, 11) is 3.87. The maximum atomic E-state index is 13.1. The minimum absolute atomic E-state index is 0.0305. The third-order valence-electron chi connectivity index (χ3n) is 5.76. The van der Waals surface area contributed by atoms with E-state index in [1.54, 1.807) is 7.11 Å². The fraction of sp³-hybridized carbons (Fsp3) is 0.409. The highest BCUT2D eigenvalue weighted by atomic mass is 16.5. The second-order valence-electron chi connectivity index (χ2n) is 7.66. The van der Waals surface area contributed by atoms with Crippen LogP contribution in [0.2, 0.25) is 0 Å². The highest BCUT2D eigenvalue weighted by molar-refractivity contribution is 5.97. The number of rotatable bonds is 4. The van der Waals surface area contributed by atoms with Gasteiger partial charge in [-0.15, -0.1) is 0 Å². The normalized spacial score (nSPS) is 23.5. The van der Waals surface area contributed by atoms with Crippen LogP contribution in [0.3, 0.4) is 0 Å². The zero-order valence-electron chi connectivity index (χ0n) is 16.2. The number of hydrogen-bond acceptors (Lipinski definition) is 3. The first-order valence-corrected chi connectivity index (χ1v) is 9.57. The molecule has 2 aromatic carbocycles. The molecule has 0 aliphatic carbocycles. The molecule has 5 heteroatoms. The van der Waals surface area contributed by atoms with Gasteiger partial charge in [0, 0.05) is 12.1 Å². The lowest BCUT2D eigenvalue weighted by Gasteiger charge is -2.34. The van der Waals surface area contributed by atoms with E-state index in [1.807, 2.05) is 29.2 Å². The van der Waals surface area contributed by atoms with Gasteiger partial charge in [0.15, 0.2) is 6.61 Å². The van der Waals surface area contributed by atoms with E-state index < -0.39 is 0 Å². The van der Waals surface area contributed by atoms with Gasteiger partial charge in [-0.25, -0.2) is 0 Å². The van der Waals surface area contributed by atoms with Crippen molar-refractivity contribution in [3.8, 4) is 11.5 Å². The number of amides is 1. The van der Waals surface area contributed by atoms with Crippen LogP contribution in [0, 0.1) is 6.92 Å². The number of benzene rings is 2. The van der Waals surface area contributed by atoms with Crippen molar-refractivity contribution in [1.82, 2.24) is 0 Å². The van der Waals surface area contributed by atoms with E-state index in [0.717, 1.165) is 30.9 Å². The maximum Gasteiger partial charge on any atom is 0.265 e. The van der Waals surface area contributed by atoms with E-state index in [1.165, 1.54) is 16.0 Å². The topological polar surface area (TPSA) is 43.2 Å². The number of carbonyl (C=O) groups excluding carboxylic acids is 1. The van der Waals surface area contributed by atoms with Crippen LogP contribution in [-0.2, 0) is 4.79 Å². The number of piperidine rings is 1. The summed E-state index contributed by atoms with van der Waals surface area (Å²) in [5.41, 5.74) is 3.63. The largest absolute Gasteiger partial charge is 0.497 e. The molecule has 1 unspecified atom stereocenters. The molecule has 0 aromatic heterocycles. The Bertz CT molecular complexity index is 834. The van der Waals surface area contributed by atoms with Gasteiger partial charge in [0.25, 0.3) is 5.91 Å². The molecule has 142 valence electrons. The fourth-order valence-electron chi connectivity index (χ4n) is 4.41. The molecule has 0 spiro atoms. The van der Waals surface area contributed by atoms with Crippen LogP contribution in [0.1, 0.15) is 23.5 Å². The van der Waals surface area contributed by atoms with E-state index >= 15 is 0 Å². The second-order valence-corrected chi connectivity index (χ2v) is 7.66. The molecule has 3 atom stereocenters. The van der Waals surface area contributed by atoms with Crippen molar-refractivity contribution < 1.29 is 19.2 Å². The van der Waals surface area contributed by atoms with Crippen molar-refractivity contribution in [3.63, 3.8) is 0 Å². The number of nitrogens with zero attached hydrogens (tertiary/aromatic N) is 1. The van der Waals surface area contributed by atoms with Gasteiger partial charge >= 0.3 is 0 Å². The molecule has 27 heavy (non-hydrogen) atoms. The third kappa shape index (κ3) is 3.39. The lowest BCUT2D eigenvalue weighted by Crippen LogP contribution is -3.11. The van der Waals surface area contributed by atoms with Crippen LogP contribution in [0.15, 0.2) is 42.5 Å². The molecule has 2 aromatic rings. The summed E-state index contributed by atoms with van der Waals surface area (Å²) in [5.74, 6) is 1.90. The highest BCUT2D eigenvalue weighted by Crippen LogP contribution is 2.43. The summed E-state index contributed by atoms with van der Waals surface area (Å²) >= 11 is 0. The lowest BCUT2D eigenvalue weighted by atomic mass is 9.89. The summed E-state index contributed by atoms with van der Waals surface area (Å²) in [5, 5.41) is 0. The first-order chi connectivity index (χ1) is 13.1. The number of likely N-dealkylation sites (tertiary alicyclic amines) is 1. The molecule has 5 nitrogen and oxygen atoms in total. The van der Waals surface area contributed by atoms with Gasteiger partial charge in [-0.2, -0.15) is 0 Å². The average Bonchev–Trinajstić information content (AvgIpc) is 2.99. The number of quaternary nitrogens is 1. The predicted molar refractivity (Wildman–Crippen MR) is 105 cm³/mol. The number of methoxy groups -OCH3 is 1. The molecule has 2 aliphatic rings. The number of likely N-dealkylation sites (N-methyl/N-ethyl adjacent to an activating group) is 1. The van der Waals surface area contributed by atoms with E-state index in [4.69, 9.17) is 9.47 Å². The summed E-state index contributed by atoms with van der Waals surface area (Å²) < 4.78 is 10.9. The third-order valence-corrected chi connectivity index (χ3v) is 5.76. The Kier molecular flexibility index (Phi) is 4.79. The minimum atomic E-state index is 0.0305. The molecule has 2 aliphatic heterocycles. The quantitative estimate of drug-likeness (QED) is 0.896. The SMILES string of the molecule is COc1ccc(OCC(=O)N2c3ccc(C)cc3[C@H]3C[NH+](C)CC[C@H]32)cc1. The van der Waals surface area contributed by atoms with Crippen molar-refractivity contribution in [2.45, 2.75) is 25.3 Å². The van der Waals surface area contributed by atoms with E-state index in [-0.39, 0.29) is 18.6 Å². The summed E-state index contributed by atoms with van der Waals surface area (Å²) in [4.78, 5) is 16.6. The van der Waals surface area contributed by atoms with Crippen LogP contribution in [-0.4, -0.2) is 45.8 Å². The Labute approximate surface area is 160 Å². The average molecular weight is 367 g/mol. The molecule has 0 saturated carbocycles. The summed E-state index contributed by atoms with van der Waals surface area (Å²) in [6.45, 7) is 4.33. The van der Waals surface area contributed by atoms with Crippen molar-refractivity contribution in [1.29, 1.82) is 0 Å². The van der Waals surface area contributed by atoms with Gasteiger partial charge in [0.05, 0.1) is 39.2 Å². The Hall–Kier alpha value is -2.53. The molecular formula is C22H27N2O3+. The van der Waals surface area contributed by atoms with Gasteiger partial charge in [0.1, 0.15) is 11.5 Å². The molecule has 1 amide bonds. The molecule has 4 rings (SSSR count). The van der Waals surface area contributed by atoms with Crippen molar-refractivity contribution in [2.75, 3.05) is 38.8 Å². The van der Waals surface area contributed by atoms with Crippen LogP contribution >= 0.6 is 0 Å². The maximum absolute atomic E-state index is 13.1. The first kappa shape index (κ1) is 17.9. The Morgan fingerprint density at radius 2 is 1.93 bits per heavy atom. The van der Waals surface area contributed by atoms with Gasteiger partial charge < -0.3 is 19.3 Å². The number of ether oxygens (including phenoxy) is 2. The Morgan fingerprint density at radius 3 is 2.67 bits per heavy atom. The van der Waals surface area contributed by atoms with Crippen LogP contribution in [0.5, 0.6) is 11.5 Å². The Morgan fingerprint density at radius 1 is 1.19 bits per heavy atom. The zero-order valence-corrected chi connectivity index (χ0v) is 16.2. The van der Waals surface area contributed by atoms with Crippen LogP contribution < -0.4 is 19.3 Å². The van der Waals surface area contributed by atoms with Gasteiger partial charge in [0.2, 0.25) is 0 Å². The van der Waals surface area contributed by atoms with E-state index in [9.17, 15) is 4.79 Å². The molecule has 1 saturated heterocycles. The van der Waals surface area contributed by atoms with Crippen molar-refractivity contribution in [2.24, 2.45) is 0 Å². The predicted octanol–water partition coefficient (Wildman–Crippen LogP) is 1.80. The lowest BCUT2D eigenvalue weighted by molar-refractivity contribution is -0.886. The number of nitrogens with one attached hydrogen (secondary N) is 1. The molecule has 1 N–H and O–H groups in total. The summed E-state index contributed by atoms with van der Waals surface area (Å²) in [6.07, 6.45) is 1.03. The second kappa shape index (κ2) is 7.24. The fourth-order valence-corrected chi connectivity index (χ4v) is 4.41. The van der Waals surface area contributed by atoms with Gasteiger partial charge in [-0.3, -0.25) is 4.79 Å². The first-order valence-electron chi connectivity index (χ1n) is 9.57.